The van der Waals surface area contributed by atoms with Crippen molar-refractivity contribution >= 4 is 5.69 Å². The van der Waals surface area contributed by atoms with Gasteiger partial charge in [-0.05, 0) is 12.5 Å². The first-order valence-electron chi connectivity index (χ1n) is 7.07. The van der Waals surface area contributed by atoms with E-state index in [1.165, 1.54) is 6.07 Å². The monoisotopic (exact) mass is 300 g/mol. The number of aromatic nitrogens is 2. The minimum Gasteiger partial charge on any atom is -0.310 e. The van der Waals surface area contributed by atoms with Crippen molar-refractivity contribution in [2.75, 3.05) is 6.54 Å². The van der Waals surface area contributed by atoms with Crippen molar-refractivity contribution in [2.45, 2.75) is 26.4 Å². The number of aromatic amines is 1. The van der Waals surface area contributed by atoms with E-state index in [1.807, 2.05) is 6.07 Å². The first-order valence-corrected chi connectivity index (χ1v) is 7.07. The van der Waals surface area contributed by atoms with Gasteiger partial charge in [-0.3, -0.25) is 19.8 Å². The topological polar surface area (TPSA) is 92.1 Å². The van der Waals surface area contributed by atoms with E-state index in [0.29, 0.717) is 24.5 Å². The average molecular weight is 300 g/mol. The minimum absolute atomic E-state index is 0.0880. The Morgan fingerprint density at radius 3 is 3.05 bits per heavy atom. The molecule has 22 heavy (non-hydrogen) atoms. The fourth-order valence-electron chi connectivity index (χ4n) is 2.77. The van der Waals surface area contributed by atoms with Crippen LogP contribution in [0.5, 0.6) is 0 Å². The van der Waals surface area contributed by atoms with Gasteiger partial charge < -0.3 is 4.98 Å². The highest BCUT2D eigenvalue weighted by molar-refractivity contribution is 5.34. The summed E-state index contributed by atoms with van der Waals surface area (Å²) in [6, 6.07) is 6.60. The van der Waals surface area contributed by atoms with Gasteiger partial charge in [0.2, 0.25) is 0 Å². The lowest BCUT2D eigenvalue weighted by Crippen LogP contribution is -2.35. The molecule has 1 aliphatic rings. The number of nitro benzene ring substituents is 1. The molecular formula is C15H16N4O3. The van der Waals surface area contributed by atoms with E-state index in [2.05, 4.69) is 14.9 Å². The van der Waals surface area contributed by atoms with Crippen LogP contribution >= 0.6 is 0 Å². The van der Waals surface area contributed by atoms with Crippen molar-refractivity contribution in [3.05, 3.63) is 67.4 Å². The summed E-state index contributed by atoms with van der Waals surface area (Å²) in [6.45, 7) is 3.65. The molecule has 2 heterocycles. The number of rotatable bonds is 3. The van der Waals surface area contributed by atoms with E-state index >= 15 is 0 Å². The van der Waals surface area contributed by atoms with Crippen LogP contribution in [0.4, 0.5) is 5.69 Å². The van der Waals surface area contributed by atoms with Gasteiger partial charge in [0.15, 0.2) is 0 Å². The summed E-state index contributed by atoms with van der Waals surface area (Å²) in [5.74, 6) is 0.635. The summed E-state index contributed by atoms with van der Waals surface area (Å²) in [5.41, 5.74) is 2.42. The number of non-ortho nitro benzene ring substituents is 1. The van der Waals surface area contributed by atoms with Gasteiger partial charge in [0.25, 0.3) is 11.2 Å². The molecule has 3 rings (SSSR count). The Bertz CT molecular complexity index is 785. The Kier molecular flexibility index (Phi) is 3.72. The van der Waals surface area contributed by atoms with Crippen molar-refractivity contribution in [2.24, 2.45) is 0 Å². The van der Waals surface area contributed by atoms with E-state index in [1.54, 1.807) is 19.1 Å². The third kappa shape index (κ3) is 2.89. The van der Waals surface area contributed by atoms with Gasteiger partial charge in [-0.2, -0.15) is 0 Å². The van der Waals surface area contributed by atoms with Gasteiger partial charge in [-0.25, -0.2) is 4.98 Å². The first kappa shape index (κ1) is 14.4. The standard InChI is InChI=1S/C15H16N4O3/c1-10-16-14-5-6-18(9-13(14)15(20)17-10)8-11-3-2-4-12(7-11)19(21)22/h2-4,7H,5-6,8-9H2,1H3,(H,16,17,20). The highest BCUT2D eigenvalue weighted by atomic mass is 16.6. The van der Waals surface area contributed by atoms with Crippen molar-refractivity contribution < 1.29 is 4.92 Å². The van der Waals surface area contributed by atoms with Crippen LogP contribution in [0.2, 0.25) is 0 Å². The molecule has 0 unspecified atom stereocenters. The van der Waals surface area contributed by atoms with Gasteiger partial charge in [0, 0.05) is 38.2 Å². The van der Waals surface area contributed by atoms with Gasteiger partial charge in [0.05, 0.1) is 16.2 Å². The van der Waals surface area contributed by atoms with Crippen molar-refractivity contribution in [3.8, 4) is 0 Å². The fraction of sp³-hybridized carbons (Fsp3) is 0.333. The molecular weight excluding hydrogens is 284 g/mol. The SMILES string of the molecule is Cc1nc2c(c(=O)[nH]1)CN(Cc1cccc([N+](=O)[O-])c1)CC2. The Morgan fingerprint density at radius 1 is 1.45 bits per heavy atom. The third-order valence-corrected chi connectivity index (χ3v) is 3.79. The Hall–Kier alpha value is -2.54. The first-order chi connectivity index (χ1) is 10.5. The summed E-state index contributed by atoms with van der Waals surface area (Å²) < 4.78 is 0. The zero-order valence-electron chi connectivity index (χ0n) is 12.2. The second-order valence-electron chi connectivity index (χ2n) is 5.46. The summed E-state index contributed by atoms with van der Waals surface area (Å²) in [6.07, 6.45) is 0.717. The molecule has 7 nitrogen and oxygen atoms in total. The second kappa shape index (κ2) is 5.69. The second-order valence-corrected chi connectivity index (χ2v) is 5.46. The highest BCUT2D eigenvalue weighted by Crippen LogP contribution is 2.19. The van der Waals surface area contributed by atoms with Gasteiger partial charge >= 0.3 is 0 Å². The molecule has 7 heteroatoms. The summed E-state index contributed by atoms with van der Waals surface area (Å²) in [5, 5.41) is 10.8. The number of aryl methyl sites for hydroxylation is 1. The van der Waals surface area contributed by atoms with Crippen LogP contribution in [-0.4, -0.2) is 26.3 Å². The van der Waals surface area contributed by atoms with Crippen LogP contribution in [0, 0.1) is 17.0 Å². The van der Waals surface area contributed by atoms with Crippen LogP contribution in [-0.2, 0) is 19.5 Å². The van der Waals surface area contributed by atoms with Crippen LogP contribution in [0.15, 0.2) is 29.1 Å². The van der Waals surface area contributed by atoms with E-state index in [9.17, 15) is 14.9 Å². The molecule has 2 aromatic rings. The normalized spacial score (nSPS) is 14.6. The largest absolute Gasteiger partial charge is 0.310 e. The lowest BCUT2D eigenvalue weighted by atomic mass is 10.1. The predicted molar refractivity (Wildman–Crippen MR) is 80.5 cm³/mol. The number of fused-ring (bicyclic) bond motifs is 1. The Morgan fingerprint density at radius 2 is 2.27 bits per heavy atom. The quantitative estimate of drug-likeness (QED) is 0.685. The zero-order valence-corrected chi connectivity index (χ0v) is 12.2. The summed E-state index contributed by atoms with van der Waals surface area (Å²) in [7, 11) is 0. The summed E-state index contributed by atoms with van der Waals surface area (Å²) >= 11 is 0. The molecule has 0 atom stereocenters. The van der Waals surface area contributed by atoms with Gasteiger partial charge in [0.1, 0.15) is 5.82 Å². The van der Waals surface area contributed by atoms with Gasteiger partial charge in [-0.15, -0.1) is 0 Å². The van der Waals surface area contributed by atoms with Crippen molar-refractivity contribution in [1.29, 1.82) is 0 Å². The fourth-order valence-corrected chi connectivity index (χ4v) is 2.77. The third-order valence-electron chi connectivity index (χ3n) is 3.79. The zero-order chi connectivity index (χ0) is 15.7. The van der Waals surface area contributed by atoms with E-state index in [0.717, 1.165) is 24.2 Å². The molecule has 1 aliphatic heterocycles. The molecule has 0 saturated carbocycles. The molecule has 1 N–H and O–H groups in total. The number of hydrogen-bond acceptors (Lipinski definition) is 5. The summed E-state index contributed by atoms with van der Waals surface area (Å²) in [4.78, 5) is 31.7. The van der Waals surface area contributed by atoms with Crippen molar-refractivity contribution in [3.63, 3.8) is 0 Å². The number of nitrogens with zero attached hydrogens (tertiary/aromatic N) is 3. The van der Waals surface area contributed by atoms with Crippen LogP contribution in [0.25, 0.3) is 0 Å². The lowest BCUT2D eigenvalue weighted by molar-refractivity contribution is -0.384. The van der Waals surface area contributed by atoms with Crippen LogP contribution in [0.3, 0.4) is 0 Å². The maximum Gasteiger partial charge on any atom is 0.269 e. The maximum atomic E-state index is 12.0. The molecule has 0 fully saturated rings. The average Bonchev–Trinajstić information content (AvgIpc) is 2.48. The van der Waals surface area contributed by atoms with E-state index in [4.69, 9.17) is 0 Å². The van der Waals surface area contributed by atoms with E-state index in [-0.39, 0.29) is 11.2 Å². The van der Waals surface area contributed by atoms with Crippen LogP contribution in [0.1, 0.15) is 22.6 Å². The molecule has 0 amide bonds. The number of H-pyrrole nitrogens is 1. The predicted octanol–water partition coefficient (Wildman–Crippen LogP) is 1.54. The van der Waals surface area contributed by atoms with Crippen LogP contribution < -0.4 is 5.56 Å². The molecule has 0 saturated heterocycles. The molecule has 1 aromatic heterocycles. The van der Waals surface area contributed by atoms with Gasteiger partial charge in [-0.1, -0.05) is 12.1 Å². The molecule has 0 spiro atoms. The Labute approximate surface area is 126 Å². The van der Waals surface area contributed by atoms with E-state index < -0.39 is 4.92 Å². The molecule has 0 aliphatic carbocycles. The minimum atomic E-state index is -0.396. The molecule has 1 aromatic carbocycles. The molecule has 114 valence electrons. The highest BCUT2D eigenvalue weighted by Gasteiger charge is 2.21. The smallest absolute Gasteiger partial charge is 0.269 e. The molecule has 0 radical (unpaired) electrons. The molecule has 0 bridgehead atoms. The maximum absolute atomic E-state index is 12.0. The number of hydrogen-bond donors (Lipinski definition) is 1. The Balaban J connectivity index is 1.79. The number of nitro groups is 1. The lowest BCUT2D eigenvalue weighted by Gasteiger charge is -2.27. The number of nitrogens with one attached hydrogen (secondary N) is 1. The number of benzene rings is 1. The van der Waals surface area contributed by atoms with Crippen molar-refractivity contribution in [1.82, 2.24) is 14.9 Å².